The summed E-state index contributed by atoms with van der Waals surface area (Å²) in [6.07, 6.45) is 0. The number of amides is 1. The number of halogens is 2. The molecule has 5 nitrogen and oxygen atoms in total. The van der Waals surface area contributed by atoms with E-state index in [1.807, 2.05) is 0 Å². The van der Waals surface area contributed by atoms with E-state index < -0.39 is 24.1 Å². The number of carbonyl (C=O) groups is 1. The number of aromatic nitrogens is 2. The molecule has 0 radical (unpaired) electrons. The summed E-state index contributed by atoms with van der Waals surface area (Å²) in [5.74, 6) is -2.27. The standard InChI is InChI=1S/C10H7F2N3O2S/c11-6-1-2-8(7(12)3-6)17-4-9(16)14-10-15-13-5-18-10/h1-3,5H,4H2,(H,14,15,16). The number of hydrogen-bond acceptors (Lipinski definition) is 5. The van der Waals surface area contributed by atoms with Crippen LogP contribution in [0.1, 0.15) is 0 Å². The van der Waals surface area contributed by atoms with Crippen LogP contribution in [-0.2, 0) is 4.79 Å². The van der Waals surface area contributed by atoms with E-state index in [2.05, 4.69) is 15.5 Å². The molecule has 8 heteroatoms. The van der Waals surface area contributed by atoms with Crippen LogP contribution in [0, 0.1) is 11.6 Å². The highest BCUT2D eigenvalue weighted by Gasteiger charge is 2.09. The Morgan fingerprint density at radius 1 is 1.44 bits per heavy atom. The molecular formula is C10H7F2N3O2S. The van der Waals surface area contributed by atoms with Gasteiger partial charge in [0.1, 0.15) is 11.3 Å². The van der Waals surface area contributed by atoms with E-state index in [1.165, 1.54) is 5.51 Å². The quantitative estimate of drug-likeness (QED) is 0.921. The molecule has 0 saturated carbocycles. The van der Waals surface area contributed by atoms with Gasteiger partial charge in [-0.25, -0.2) is 8.78 Å². The molecule has 2 aromatic rings. The second-order valence-electron chi connectivity index (χ2n) is 3.16. The van der Waals surface area contributed by atoms with E-state index in [0.29, 0.717) is 11.2 Å². The van der Waals surface area contributed by atoms with Gasteiger partial charge in [-0.2, -0.15) is 0 Å². The molecule has 0 atom stereocenters. The van der Waals surface area contributed by atoms with E-state index in [1.54, 1.807) is 0 Å². The van der Waals surface area contributed by atoms with Gasteiger partial charge in [-0.05, 0) is 12.1 Å². The maximum absolute atomic E-state index is 13.2. The molecule has 0 aliphatic heterocycles. The summed E-state index contributed by atoms with van der Waals surface area (Å²) in [5.41, 5.74) is 1.45. The molecule has 0 fully saturated rings. The van der Waals surface area contributed by atoms with E-state index in [-0.39, 0.29) is 5.75 Å². The topological polar surface area (TPSA) is 64.1 Å². The van der Waals surface area contributed by atoms with Crippen LogP contribution >= 0.6 is 11.3 Å². The summed E-state index contributed by atoms with van der Waals surface area (Å²) >= 11 is 1.14. The van der Waals surface area contributed by atoms with Crippen molar-refractivity contribution < 1.29 is 18.3 Å². The second kappa shape index (κ2) is 5.50. The summed E-state index contributed by atoms with van der Waals surface area (Å²) in [5, 5.41) is 9.86. The van der Waals surface area contributed by atoms with Crippen molar-refractivity contribution in [2.75, 3.05) is 11.9 Å². The molecule has 18 heavy (non-hydrogen) atoms. The minimum atomic E-state index is -0.862. The molecule has 0 aliphatic carbocycles. The molecule has 0 aliphatic rings. The molecule has 0 saturated heterocycles. The zero-order valence-electron chi connectivity index (χ0n) is 8.89. The van der Waals surface area contributed by atoms with Crippen LogP contribution < -0.4 is 10.1 Å². The fourth-order valence-corrected chi connectivity index (χ4v) is 1.58. The van der Waals surface area contributed by atoms with Gasteiger partial charge in [0, 0.05) is 6.07 Å². The first kappa shape index (κ1) is 12.4. The van der Waals surface area contributed by atoms with Crippen molar-refractivity contribution in [3.63, 3.8) is 0 Å². The van der Waals surface area contributed by atoms with Crippen molar-refractivity contribution in [2.45, 2.75) is 0 Å². The van der Waals surface area contributed by atoms with Gasteiger partial charge in [0.15, 0.2) is 18.2 Å². The lowest BCUT2D eigenvalue weighted by molar-refractivity contribution is -0.118. The number of nitrogens with one attached hydrogen (secondary N) is 1. The first-order valence-corrected chi connectivity index (χ1v) is 5.67. The highest BCUT2D eigenvalue weighted by Crippen LogP contribution is 2.17. The van der Waals surface area contributed by atoms with Crippen molar-refractivity contribution in [1.29, 1.82) is 0 Å². The maximum Gasteiger partial charge on any atom is 0.264 e. The van der Waals surface area contributed by atoms with Crippen molar-refractivity contribution in [3.05, 3.63) is 35.3 Å². The minimum absolute atomic E-state index is 0.191. The van der Waals surface area contributed by atoms with Gasteiger partial charge in [0.2, 0.25) is 5.13 Å². The van der Waals surface area contributed by atoms with E-state index in [9.17, 15) is 13.6 Å². The third kappa shape index (κ3) is 3.20. The van der Waals surface area contributed by atoms with Crippen molar-refractivity contribution in [1.82, 2.24) is 10.2 Å². The highest BCUT2D eigenvalue weighted by molar-refractivity contribution is 7.13. The van der Waals surface area contributed by atoms with Gasteiger partial charge < -0.3 is 4.74 Å². The Hall–Kier alpha value is -2.09. The maximum atomic E-state index is 13.2. The summed E-state index contributed by atoms with van der Waals surface area (Å²) in [6, 6.07) is 2.84. The van der Waals surface area contributed by atoms with Crippen LogP contribution in [-0.4, -0.2) is 22.7 Å². The van der Waals surface area contributed by atoms with Gasteiger partial charge >= 0.3 is 0 Å². The Morgan fingerprint density at radius 2 is 2.28 bits per heavy atom. The SMILES string of the molecule is O=C(COc1ccc(F)cc1F)Nc1nncs1. The van der Waals surface area contributed by atoms with Gasteiger partial charge in [-0.1, -0.05) is 11.3 Å². The fourth-order valence-electron chi connectivity index (χ4n) is 1.12. The number of anilines is 1. The molecule has 1 aromatic heterocycles. The Bertz CT molecular complexity index is 548. The van der Waals surface area contributed by atoms with Crippen molar-refractivity contribution in [3.8, 4) is 5.75 Å². The molecule has 0 unspecified atom stereocenters. The van der Waals surface area contributed by atoms with Crippen molar-refractivity contribution in [2.24, 2.45) is 0 Å². The number of nitrogens with zero attached hydrogens (tertiary/aromatic N) is 2. The lowest BCUT2D eigenvalue weighted by Gasteiger charge is -2.06. The Kier molecular flexibility index (Phi) is 3.78. The van der Waals surface area contributed by atoms with Gasteiger partial charge in [0.05, 0.1) is 0 Å². The molecule has 2 rings (SSSR count). The fraction of sp³-hybridized carbons (Fsp3) is 0.100. The molecule has 0 spiro atoms. The van der Waals surface area contributed by atoms with Crippen LogP contribution in [0.3, 0.4) is 0 Å². The monoisotopic (exact) mass is 271 g/mol. The lowest BCUT2D eigenvalue weighted by atomic mass is 10.3. The van der Waals surface area contributed by atoms with Crippen LogP contribution in [0.25, 0.3) is 0 Å². The predicted molar refractivity (Wildman–Crippen MR) is 60.4 cm³/mol. The van der Waals surface area contributed by atoms with Crippen LogP contribution in [0.2, 0.25) is 0 Å². The Morgan fingerprint density at radius 3 is 2.94 bits per heavy atom. The van der Waals surface area contributed by atoms with Crippen LogP contribution in [0.5, 0.6) is 5.75 Å². The molecular weight excluding hydrogens is 264 g/mol. The Labute approximate surface area is 104 Å². The smallest absolute Gasteiger partial charge is 0.264 e. The average Bonchev–Trinajstić information content (AvgIpc) is 2.80. The summed E-state index contributed by atoms with van der Waals surface area (Å²) in [4.78, 5) is 11.4. The number of carbonyl (C=O) groups excluding carboxylic acids is 1. The summed E-state index contributed by atoms with van der Waals surface area (Å²) < 4.78 is 30.7. The largest absolute Gasteiger partial charge is 0.481 e. The summed E-state index contributed by atoms with van der Waals surface area (Å²) in [6.45, 7) is -0.401. The normalized spacial score (nSPS) is 10.1. The van der Waals surface area contributed by atoms with Gasteiger partial charge in [-0.3, -0.25) is 10.1 Å². The lowest BCUT2D eigenvalue weighted by Crippen LogP contribution is -2.20. The zero-order valence-corrected chi connectivity index (χ0v) is 9.71. The van der Waals surface area contributed by atoms with Crippen LogP contribution in [0.15, 0.2) is 23.7 Å². The third-order valence-corrected chi connectivity index (χ3v) is 2.47. The summed E-state index contributed by atoms with van der Waals surface area (Å²) in [7, 11) is 0. The van der Waals surface area contributed by atoms with Crippen LogP contribution in [0.4, 0.5) is 13.9 Å². The predicted octanol–water partition coefficient (Wildman–Crippen LogP) is 1.83. The first-order chi connectivity index (χ1) is 8.65. The minimum Gasteiger partial charge on any atom is -0.481 e. The van der Waals surface area contributed by atoms with Gasteiger partial charge in [0.25, 0.3) is 5.91 Å². The molecule has 1 N–H and O–H groups in total. The molecule has 0 bridgehead atoms. The zero-order chi connectivity index (χ0) is 13.0. The number of hydrogen-bond donors (Lipinski definition) is 1. The van der Waals surface area contributed by atoms with E-state index >= 15 is 0 Å². The van der Waals surface area contributed by atoms with E-state index in [0.717, 1.165) is 23.5 Å². The third-order valence-electron chi connectivity index (χ3n) is 1.86. The molecule has 94 valence electrons. The second-order valence-corrected chi connectivity index (χ2v) is 3.99. The highest BCUT2D eigenvalue weighted by atomic mass is 32.1. The molecule has 1 amide bonds. The number of rotatable bonds is 4. The van der Waals surface area contributed by atoms with Crippen molar-refractivity contribution >= 4 is 22.4 Å². The number of benzene rings is 1. The Balaban J connectivity index is 1.89. The van der Waals surface area contributed by atoms with Gasteiger partial charge in [-0.15, -0.1) is 10.2 Å². The first-order valence-electron chi connectivity index (χ1n) is 4.79. The average molecular weight is 271 g/mol. The van der Waals surface area contributed by atoms with E-state index in [4.69, 9.17) is 4.74 Å². The molecule has 1 aromatic carbocycles. The molecule has 1 heterocycles. The number of ether oxygens (including phenoxy) is 1.